The zero-order chi connectivity index (χ0) is 24.2. The molecule has 178 valence electrons. The van der Waals surface area contributed by atoms with Crippen molar-refractivity contribution >= 4 is 51.9 Å². The number of halogens is 2. The summed E-state index contributed by atoms with van der Waals surface area (Å²) in [7, 11) is 0. The molecule has 1 saturated heterocycles. The molecule has 0 spiro atoms. The lowest BCUT2D eigenvalue weighted by atomic mass is 9.94. The van der Waals surface area contributed by atoms with Gasteiger partial charge < -0.3 is 20.3 Å². The Morgan fingerprint density at radius 1 is 1.24 bits per heavy atom. The summed E-state index contributed by atoms with van der Waals surface area (Å²) in [6.45, 7) is 4.62. The third-order valence-corrected chi connectivity index (χ3v) is 6.76. The fourth-order valence-electron chi connectivity index (χ4n) is 3.94. The first-order valence-electron chi connectivity index (χ1n) is 10.9. The fourth-order valence-corrected chi connectivity index (χ4v) is 5.14. The van der Waals surface area contributed by atoms with Gasteiger partial charge in [0.2, 0.25) is 0 Å². The van der Waals surface area contributed by atoms with Crippen LogP contribution in [-0.4, -0.2) is 41.0 Å². The minimum absolute atomic E-state index is 0.0809. The van der Waals surface area contributed by atoms with Crippen LogP contribution in [0.4, 0.5) is 20.6 Å². The SMILES string of the molecule is CCOC(=O)C1=C(C)N=C2SCCCN2C1c1cccc(NC(=O)Nc2ccc(F)c(Cl)c2)c1. The van der Waals surface area contributed by atoms with Gasteiger partial charge in [-0.2, -0.15) is 0 Å². The van der Waals surface area contributed by atoms with Crippen molar-refractivity contribution in [3.8, 4) is 0 Å². The minimum atomic E-state index is -0.563. The molecule has 0 bridgehead atoms. The molecule has 0 aromatic heterocycles. The number of allylic oxidation sites excluding steroid dienone is 1. The molecule has 0 radical (unpaired) electrons. The second kappa shape index (κ2) is 10.5. The van der Waals surface area contributed by atoms with Crippen LogP contribution in [0.5, 0.6) is 0 Å². The topological polar surface area (TPSA) is 83.0 Å². The molecular formula is C24H24ClFN4O3S. The number of anilines is 2. The van der Waals surface area contributed by atoms with Gasteiger partial charge in [0.1, 0.15) is 5.82 Å². The maximum Gasteiger partial charge on any atom is 0.338 e. The quantitative estimate of drug-likeness (QED) is 0.504. The lowest BCUT2D eigenvalue weighted by Gasteiger charge is -2.40. The molecular weight excluding hydrogens is 479 g/mol. The summed E-state index contributed by atoms with van der Waals surface area (Å²) < 4.78 is 18.7. The van der Waals surface area contributed by atoms with Crippen LogP contribution >= 0.6 is 23.4 Å². The summed E-state index contributed by atoms with van der Waals surface area (Å²) in [5, 5.41) is 6.22. The molecule has 4 rings (SSSR count). The van der Waals surface area contributed by atoms with Crippen LogP contribution in [0.1, 0.15) is 31.9 Å². The molecule has 2 aromatic carbocycles. The molecule has 2 N–H and O–H groups in total. The Hall–Kier alpha value is -3.04. The number of amidine groups is 1. The zero-order valence-electron chi connectivity index (χ0n) is 18.7. The van der Waals surface area contributed by atoms with Gasteiger partial charge in [0.25, 0.3) is 0 Å². The number of nitrogens with one attached hydrogen (secondary N) is 2. The first-order chi connectivity index (χ1) is 16.4. The Kier molecular flexibility index (Phi) is 7.43. The van der Waals surface area contributed by atoms with Crippen molar-refractivity contribution in [2.45, 2.75) is 26.3 Å². The van der Waals surface area contributed by atoms with Crippen LogP contribution in [0, 0.1) is 5.82 Å². The normalized spacial score (nSPS) is 17.6. The Balaban J connectivity index is 1.60. The number of carbonyl (C=O) groups is 2. The molecule has 2 amide bonds. The summed E-state index contributed by atoms with van der Waals surface area (Å²) in [5.41, 5.74) is 2.86. The van der Waals surface area contributed by atoms with Crippen molar-refractivity contribution in [2.75, 3.05) is 29.5 Å². The molecule has 1 atom stereocenters. The van der Waals surface area contributed by atoms with Crippen molar-refractivity contribution in [1.29, 1.82) is 0 Å². The van der Waals surface area contributed by atoms with Gasteiger partial charge in [-0.15, -0.1) is 0 Å². The molecule has 2 aliphatic rings. The van der Waals surface area contributed by atoms with Crippen LogP contribution in [0.3, 0.4) is 0 Å². The van der Waals surface area contributed by atoms with Crippen LogP contribution in [-0.2, 0) is 9.53 Å². The van der Waals surface area contributed by atoms with Crippen LogP contribution in [0.15, 0.2) is 58.7 Å². The van der Waals surface area contributed by atoms with Crippen molar-refractivity contribution in [3.05, 3.63) is 70.1 Å². The smallest absolute Gasteiger partial charge is 0.338 e. The van der Waals surface area contributed by atoms with E-state index < -0.39 is 17.8 Å². The van der Waals surface area contributed by atoms with E-state index in [0.717, 1.165) is 29.4 Å². The first-order valence-corrected chi connectivity index (χ1v) is 12.2. The third kappa shape index (κ3) is 5.20. The lowest BCUT2D eigenvalue weighted by molar-refractivity contribution is -0.139. The van der Waals surface area contributed by atoms with Gasteiger partial charge in [-0.3, -0.25) is 0 Å². The maximum absolute atomic E-state index is 13.4. The summed E-state index contributed by atoms with van der Waals surface area (Å²) in [6, 6.07) is 10.4. The minimum Gasteiger partial charge on any atom is -0.463 e. The van der Waals surface area contributed by atoms with Gasteiger partial charge in [-0.25, -0.2) is 19.0 Å². The van der Waals surface area contributed by atoms with E-state index in [1.54, 1.807) is 24.8 Å². The van der Waals surface area contributed by atoms with E-state index in [1.807, 2.05) is 25.1 Å². The number of nitrogens with zero attached hydrogens (tertiary/aromatic N) is 2. The van der Waals surface area contributed by atoms with Gasteiger partial charge in [0.15, 0.2) is 5.17 Å². The molecule has 2 heterocycles. The van der Waals surface area contributed by atoms with Crippen LogP contribution < -0.4 is 10.6 Å². The number of carbonyl (C=O) groups excluding carboxylic acids is 2. The highest BCUT2D eigenvalue weighted by molar-refractivity contribution is 8.13. The number of rotatable bonds is 5. The number of benzene rings is 2. The second-order valence-electron chi connectivity index (χ2n) is 7.75. The van der Waals surface area contributed by atoms with E-state index in [4.69, 9.17) is 16.3 Å². The molecule has 10 heteroatoms. The number of hydrogen-bond acceptors (Lipinski definition) is 6. The summed E-state index contributed by atoms with van der Waals surface area (Å²) >= 11 is 7.46. The Bertz CT molecular complexity index is 1190. The fraction of sp³-hybridized carbons (Fsp3) is 0.292. The Labute approximate surface area is 206 Å². The van der Waals surface area contributed by atoms with E-state index in [1.165, 1.54) is 18.2 Å². The number of hydrogen-bond donors (Lipinski definition) is 2. The molecule has 0 saturated carbocycles. The van der Waals surface area contributed by atoms with Gasteiger partial charge in [0.05, 0.1) is 28.9 Å². The molecule has 1 unspecified atom stereocenters. The highest BCUT2D eigenvalue weighted by Crippen LogP contribution is 2.40. The molecule has 7 nitrogen and oxygen atoms in total. The van der Waals surface area contributed by atoms with Crippen molar-refractivity contribution < 1.29 is 18.7 Å². The molecule has 2 aliphatic heterocycles. The average molecular weight is 503 g/mol. The summed E-state index contributed by atoms with van der Waals surface area (Å²) in [6.07, 6.45) is 0.968. The summed E-state index contributed by atoms with van der Waals surface area (Å²) in [5.74, 6) is 0.0131. The van der Waals surface area contributed by atoms with Gasteiger partial charge >= 0.3 is 12.0 Å². The highest BCUT2D eigenvalue weighted by atomic mass is 35.5. The average Bonchev–Trinajstić information content (AvgIpc) is 2.80. The number of ether oxygens (including phenoxy) is 1. The van der Waals surface area contributed by atoms with Gasteiger partial charge in [-0.1, -0.05) is 35.5 Å². The van der Waals surface area contributed by atoms with E-state index >= 15 is 0 Å². The van der Waals surface area contributed by atoms with E-state index in [-0.39, 0.29) is 17.7 Å². The predicted octanol–water partition coefficient (Wildman–Crippen LogP) is 5.81. The number of esters is 1. The third-order valence-electron chi connectivity index (χ3n) is 5.39. The number of aliphatic imine (C=N–C) groups is 1. The van der Waals surface area contributed by atoms with Crippen molar-refractivity contribution in [3.63, 3.8) is 0 Å². The standard InChI is InChI=1S/C24H24ClFN4O3S/c1-3-33-22(31)20-14(2)27-24-30(10-5-11-34-24)21(20)15-6-4-7-16(12-15)28-23(32)29-17-8-9-19(26)18(25)13-17/h4,6-9,12-13,21H,3,5,10-11H2,1-2H3,(H2,28,29,32). The van der Waals surface area contributed by atoms with Gasteiger partial charge in [-0.05, 0) is 56.2 Å². The molecule has 34 heavy (non-hydrogen) atoms. The van der Waals surface area contributed by atoms with Crippen LogP contribution in [0.25, 0.3) is 0 Å². The molecule has 1 fully saturated rings. The predicted molar refractivity (Wildman–Crippen MR) is 134 cm³/mol. The maximum atomic E-state index is 13.4. The Morgan fingerprint density at radius 2 is 2.00 bits per heavy atom. The van der Waals surface area contributed by atoms with Crippen molar-refractivity contribution in [2.24, 2.45) is 4.99 Å². The number of thioether (sulfide) groups is 1. The number of amides is 2. The van der Waals surface area contributed by atoms with Gasteiger partial charge in [0, 0.05) is 23.7 Å². The lowest BCUT2D eigenvalue weighted by Crippen LogP contribution is -2.42. The van der Waals surface area contributed by atoms with E-state index in [0.29, 0.717) is 22.6 Å². The van der Waals surface area contributed by atoms with Crippen LogP contribution in [0.2, 0.25) is 5.02 Å². The Morgan fingerprint density at radius 3 is 2.74 bits per heavy atom. The summed E-state index contributed by atoms with van der Waals surface area (Å²) in [4.78, 5) is 32.2. The molecule has 2 aromatic rings. The monoisotopic (exact) mass is 502 g/mol. The number of fused-ring (bicyclic) bond motifs is 1. The first kappa shape index (κ1) is 24.1. The van der Waals surface area contributed by atoms with Crippen molar-refractivity contribution in [1.82, 2.24) is 4.90 Å². The largest absolute Gasteiger partial charge is 0.463 e. The van der Waals surface area contributed by atoms with E-state index in [9.17, 15) is 14.0 Å². The zero-order valence-corrected chi connectivity index (χ0v) is 20.3. The number of urea groups is 1. The second-order valence-corrected chi connectivity index (χ2v) is 9.21. The molecule has 0 aliphatic carbocycles. The highest BCUT2D eigenvalue weighted by Gasteiger charge is 2.37. The van der Waals surface area contributed by atoms with E-state index in [2.05, 4.69) is 20.5 Å².